The number of hydrogen-bond donors (Lipinski definition) is 0. The number of benzene rings is 2. The van der Waals surface area contributed by atoms with Gasteiger partial charge in [0, 0.05) is 11.8 Å². The molecule has 0 aromatic heterocycles. The second-order valence-electron chi connectivity index (χ2n) is 7.20. The molecule has 0 amide bonds. The summed E-state index contributed by atoms with van der Waals surface area (Å²) < 4.78 is 22.1. The molecule has 0 atom stereocenters. The Labute approximate surface area is 178 Å². The van der Waals surface area contributed by atoms with Crippen LogP contribution >= 0.6 is 0 Å². The fourth-order valence-corrected chi connectivity index (χ4v) is 3.88. The Kier molecular flexibility index (Phi) is 7.71. The summed E-state index contributed by atoms with van der Waals surface area (Å²) in [4.78, 5) is 9.49. The Hall–Kier alpha value is -3.02. The Morgan fingerprint density at radius 2 is 1.00 bits per heavy atom. The predicted molar refractivity (Wildman–Crippen MR) is 120 cm³/mol. The summed E-state index contributed by atoms with van der Waals surface area (Å²) in [5, 5.41) is 0. The highest BCUT2D eigenvalue weighted by molar-refractivity contribution is 5.85. The standard InChI is InChI=1S/C24H30N2O4/c1-27-21-11-7-5-9-19(21)25-23(29-3)17-13-15-18(16-14-17)24(30-4)26-20-10-6-8-12-22(20)28-2/h5-12,17-18H,13-16H2,1-4H3/b25-23-,26-24-. The molecule has 0 heterocycles. The number of aliphatic imine (C=N–C) groups is 2. The van der Waals surface area contributed by atoms with Gasteiger partial charge in [-0.05, 0) is 49.9 Å². The van der Waals surface area contributed by atoms with Crippen LogP contribution in [-0.2, 0) is 9.47 Å². The van der Waals surface area contributed by atoms with Crippen molar-refractivity contribution < 1.29 is 18.9 Å². The molecule has 0 spiro atoms. The topological polar surface area (TPSA) is 61.6 Å². The summed E-state index contributed by atoms with van der Waals surface area (Å²) in [5.74, 6) is 3.51. The zero-order chi connectivity index (χ0) is 21.3. The number of hydrogen-bond acceptors (Lipinski definition) is 6. The third-order valence-corrected chi connectivity index (χ3v) is 5.48. The van der Waals surface area contributed by atoms with Gasteiger partial charge in [0.05, 0.1) is 28.4 Å². The smallest absolute Gasteiger partial charge is 0.191 e. The molecule has 30 heavy (non-hydrogen) atoms. The lowest BCUT2D eigenvalue weighted by Crippen LogP contribution is -2.27. The third-order valence-electron chi connectivity index (χ3n) is 5.48. The Morgan fingerprint density at radius 1 is 0.633 bits per heavy atom. The highest BCUT2D eigenvalue weighted by Crippen LogP contribution is 2.35. The molecule has 6 heteroatoms. The first-order chi connectivity index (χ1) is 14.7. The van der Waals surface area contributed by atoms with E-state index in [9.17, 15) is 0 Å². The van der Waals surface area contributed by atoms with Crippen LogP contribution in [0.15, 0.2) is 58.5 Å². The molecule has 160 valence electrons. The van der Waals surface area contributed by atoms with Crippen molar-refractivity contribution >= 4 is 23.2 Å². The molecule has 0 unspecified atom stereocenters. The van der Waals surface area contributed by atoms with E-state index in [1.165, 1.54) is 0 Å². The van der Waals surface area contributed by atoms with Crippen LogP contribution in [0.2, 0.25) is 0 Å². The van der Waals surface area contributed by atoms with Gasteiger partial charge in [-0.15, -0.1) is 0 Å². The van der Waals surface area contributed by atoms with Crippen molar-refractivity contribution in [2.75, 3.05) is 28.4 Å². The van der Waals surface area contributed by atoms with Crippen molar-refractivity contribution in [3.8, 4) is 11.5 Å². The van der Waals surface area contributed by atoms with Gasteiger partial charge in [-0.2, -0.15) is 0 Å². The number of ether oxygens (including phenoxy) is 4. The fourth-order valence-electron chi connectivity index (χ4n) is 3.88. The molecule has 1 saturated carbocycles. The maximum atomic E-state index is 5.66. The Morgan fingerprint density at radius 3 is 1.33 bits per heavy atom. The van der Waals surface area contributed by atoms with Crippen molar-refractivity contribution in [3.05, 3.63) is 48.5 Å². The molecule has 1 aliphatic carbocycles. The molecule has 2 aromatic carbocycles. The minimum atomic E-state index is 0.264. The minimum Gasteiger partial charge on any atom is -0.494 e. The van der Waals surface area contributed by atoms with E-state index in [1.54, 1.807) is 28.4 Å². The van der Waals surface area contributed by atoms with Crippen LogP contribution in [0.3, 0.4) is 0 Å². The first-order valence-corrected chi connectivity index (χ1v) is 10.2. The van der Waals surface area contributed by atoms with Crippen molar-refractivity contribution in [2.45, 2.75) is 25.7 Å². The van der Waals surface area contributed by atoms with E-state index in [0.717, 1.165) is 60.4 Å². The summed E-state index contributed by atoms with van der Waals surface area (Å²) in [6.45, 7) is 0. The second-order valence-corrected chi connectivity index (χ2v) is 7.20. The monoisotopic (exact) mass is 410 g/mol. The van der Waals surface area contributed by atoms with Crippen LogP contribution in [0.5, 0.6) is 11.5 Å². The molecule has 0 radical (unpaired) electrons. The van der Waals surface area contributed by atoms with E-state index < -0.39 is 0 Å². The summed E-state index contributed by atoms with van der Waals surface area (Å²) in [5.41, 5.74) is 1.57. The Bertz CT molecular complexity index is 813. The van der Waals surface area contributed by atoms with Gasteiger partial charge in [0.1, 0.15) is 22.9 Å². The molecule has 2 aromatic rings. The number of methoxy groups -OCH3 is 4. The summed E-state index contributed by atoms with van der Waals surface area (Å²) in [7, 11) is 6.67. The molecule has 0 N–H and O–H groups in total. The normalized spacial score (nSPS) is 19.9. The maximum absolute atomic E-state index is 5.66. The van der Waals surface area contributed by atoms with Crippen LogP contribution in [0, 0.1) is 11.8 Å². The van der Waals surface area contributed by atoms with E-state index >= 15 is 0 Å². The van der Waals surface area contributed by atoms with Crippen LogP contribution in [0.4, 0.5) is 11.4 Å². The first-order valence-electron chi connectivity index (χ1n) is 10.2. The number of nitrogens with zero attached hydrogens (tertiary/aromatic N) is 2. The van der Waals surface area contributed by atoms with E-state index in [-0.39, 0.29) is 11.8 Å². The number of para-hydroxylation sites is 4. The van der Waals surface area contributed by atoms with Gasteiger partial charge in [-0.3, -0.25) is 0 Å². The highest BCUT2D eigenvalue weighted by Gasteiger charge is 2.29. The van der Waals surface area contributed by atoms with Gasteiger partial charge < -0.3 is 18.9 Å². The maximum Gasteiger partial charge on any atom is 0.191 e. The van der Waals surface area contributed by atoms with Crippen molar-refractivity contribution in [2.24, 2.45) is 21.8 Å². The molecule has 3 rings (SSSR count). The summed E-state index contributed by atoms with van der Waals surface area (Å²) in [6.07, 6.45) is 3.84. The molecular weight excluding hydrogens is 380 g/mol. The van der Waals surface area contributed by atoms with Crippen molar-refractivity contribution in [3.63, 3.8) is 0 Å². The van der Waals surface area contributed by atoms with Crippen LogP contribution in [0.1, 0.15) is 25.7 Å². The van der Waals surface area contributed by atoms with E-state index in [1.807, 2.05) is 48.5 Å². The predicted octanol–water partition coefficient (Wildman–Crippen LogP) is 5.56. The van der Waals surface area contributed by atoms with Gasteiger partial charge in [0.15, 0.2) is 11.8 Å². The van der Waals surface area contributed by atoms with Crippen molar-refractivity contribution in [1.82, 2.24) is 0 Å². The second kappa shape index (κ2) is 10.7. The fraction of sp³-hybridized carbons (Fsp3) is 0.417. The van der Waals surface area contributed by atoms with E-state index in [4.69, 9.17) is 28.9 Å². The first kappa shape index (κ1) is 21.7. The minimum absolute atomic E-state index is 0.264. The average molecular weight is 411 g/mol. The largest absolute Gasteiger partial charge is 0.494 e. The molecule has 0 saturated heterocycles. The van der Waals surface area contributed by atoms with Gasteiger partial charge in [-0.25, -0.2) is 9.98 Å². The Balaban J connectivity index is 1.72. The van der Waals surface area contributed by atoms with E-state index in [2.05, 4.69) is 0 Å². The molecule has 0 bridgehead atoms. The van der Waals surface area contributed by atoms with Crippen LogP contribution in [0.25, 0.3) is 0 Å². The summed E-state index contributed by atoms with van der Waals surface area (Å²) >= 11 is 0. The quantitative estimate of drug-likeness (QED) is 0.462. The lowest BCUT2D eigenvalue weighted by Gasteiger charge is -2.28. The molecule has 1 aliphatic rings. The highest BCUT2D eigenvalue weighted by atomic mass is 16.5. The van der Waals surface area contributed by atoms with Crippen molar-refractivity contribution in [1.29, 1.82) is 0 Å². The zero-order valence-corrected chi connectivity index (χ0v) is 18.1. The molecule has 6 nitrogen and oxygen atoms in total. The van der Waals surface area contributed by atoms with Gasteiger partial charge in [0.2, 0.25) is 0 Å². The SMILES string of the molecule is CO/C(=N\c1ccccc1OC)C1CCC(/C(=N/c2ccccc2OC)OC)CC1. The average Bonchev–Trinajstić information content (AvgIpc) is 2.81. The van der Waals surface area contributed by atoms with Gasteiger partial charge in [-0.1, -0.05) is 24.3 Å². The third kappa shape index (κ3) is 5.12. The molecule has 0 aliphatic heterocycles. The lowest BCUT2D eigenvalue weighted by atomic mass is 9.81. The van der Waals surface area contributed by atoms with Crippen LogP contribution < -0.4 is 9.47 Å². The van der Waals surface area contributed by atoms with Gasteiger partial charge in [0.25, 0.3) is 0 Å². The number of rotatable bonds is 6. The van der Waals surface area contributed by atoms with E-state index in [0.29, 0.717) is 0 Å². The molecule has 1 fully saturated rings. The van der Waals surface area contributed by atoms with Gasteiger partial charge >= 0.3 is 0 Å². The van der Waals surface area contributed by atoms with Crippen LogP contribution in [-0.4, -0.2) is 40.2 Å². The molecular formula is C24H30N2O4. The lowest BCUT2D eigenvalue weighted by molar-refractivity contribution is 0.282. The summed E-state index contributed by atoms with van der Waals surface area (Å²) in [6, 6.07) is 15.4. The zero-order valence-electron chi connectivity index (χ0n) is 18.1.